The second kappa shape index (κ2) is 7.03. The van der Waals surface area contributed by atoms with E-state index in [2.05, 4.69) is 10.3 Å². The molecule has 116 valence electrons. The molecule has 1 amide bonds. The smallest absolute Gasteiger partial charge is 0.251 e. The normalized spacial score (nSPS) is 12.0. The van der Waals surface area contributed by atoms with E-state index in [1.54, 1.807) is 6.92 Å². The number of carbonyl (C=O) groups is 1. The van der Waals surface area contributed by atoms with Gasteiger partial charge in [0.15, 0.2) is 0 Å². The van der Waals surface area contributed by atoms with Crippen LogP contribution in [0.25, 0.3) is 0 Å². The van der Waals surface area contributed by atoms with Gasteiger partial charge in [-0.15, -0.1) is 0 Å². The number of pyridine rings is 1. The molecule has 0 radical (unpaired) electrons. The van der Waals surface area contributed by atoms with Crippen LogP contribution in [0.3, 0.4) is 0 Å². The summed E-state index contributed by atoms with van der Waals surface area (Å²) in [5.74, 6) is -1.65. The largest absolute Gasteiger partial charge is 0.345 e. The summed E-state index contributed by atoms with van der Waals surface area (Å²) in [5, 5.41) is 2.77. The molecule has 22 heavy (non-hydrogen) atoms. The third-order valence-corrected chi connectivity index (χ3v) is 3.46. The summed E-state index contributed by atoms with van der Waals surface area (Å²) in [6, 6.07) is 5.13. The molecule has 2 rings (SSSR count). The molecule has 3 nitrogen and oxygen atoms in total. The number of halogens is 4. The summed E-state index contributed by atoms with van der Waals surface area (Å²) in [6.45, 7) is 1.75. The molecule has 0 aliphatic heterocycles. The zero-order chi connectivity index (χ0) is 16.3. The molecule has 1 heterocycles. The Balaban J connectivity index is 2.26. The second-order valence-electron chi connectivity index (χ2n) is 4.60. The number of hydrogen-bond acceptors (Lipinski definition) is 2. The minimum Gasteiger partial charge on any atom is -0.345 e. The van der Waals surface area contributed by atoms with Crippen LogP contribution in [0.2, 0.25) is 10.3 Å². The molecule has 1 aromatic carbocycles. The van der Waals surface area contributed by atoms with Gasteiger partial charge in [0.05, 0.1) is 6.04 Å². The van der Waals surface area contributed by atoms with Crippen LogP contribution in [0, 0.1) is 11.6 Å². The molecule has 0 fully saturated rings. The van der Waals surface area contributed by atoms with E-state index < -0.39 is 23.6 Å². The van der Waals surface area contributed by atoms with Crippen LogP contribution in [0.4, 0.5) is 8.78 Å². The number of aromatic nitrogens is 1. The van der Waals surface area contributed by atoms with E-state index in [-0.39, 0.29) is 21.4 Å². The molecule has 1 N–H and O–H groups in total. The quantitative estimate of drug-likeness (QED) is 0.826. The number of benzene rings is 1. The number of amides is 1. The van der Waals surface area contributed by atoms with Crippen molar-refractivity contribution in [1.82, 2.24) is 10.3 Å². The highest BCUT2D eigenvalue weighted by atomic mass is 35.5. The zero-order valence-corrected chi connectivity index (χ0v) is 13.1. The Kier molecular flexibility index (Phi) is 5.32. The third-order valence-electron chi connectivity index (χ3n) is 3.07. The predicted octanol–water partition coefficient (Wildman–Crippen LogP) is 4.55. The van der Waals surface area contributed by atoms with E-state index in [9.17, 15) is 13.6 Å². The molecule has 0 bridgehead atoms. The molecule has 1 unspecified atom stereocenters. The molecule has 0 aliphatic carbocycles. The predicted molar refractivity (Wildman–Crippen MR) is 81.1 cm³/mol. The average molecular weight is 345 g/mol. The van der Waals surface area contributed by atoms with Crippen LogP contribution < -0.4 is 5.32 Å². The SMILES string of the molecule is CCC(NC(=O)c1cc(Cl)nc(Cl)c1)c1cc(F)ccc1F. The fraction of sp³-hybridized carbons (Fsp3) is 0.200. The van der Waals surface area contributed by atoms with E-state index in [0.29, 0.717) is 6.42 Å². The Morgan fingerprint density at radius 3 is 2.45 bits per heavy atom. The first-order valence-corrected chi connectivity index (χ1v) is 7.25. The van der Waals surface area contributed by atoms with Crippen molar-refractivity contribution in [2.45, 2.75) is 19.4 Å². The van der Waals surface area contributed by atoms with Crippen molar-refractivity contribution in [2.75, 3.05) is 0 Å². The van der Waals surface area contributed by atoms with Crippen molar-refractivity contribution in [2.24, 2.45) is 0 Å². The first kappa shape index (κ1) is 16.6. The average Bonchev–Trinajstić information content (AvgIpc) is 2.46. The molecule has 2 aromatic rings. The Hall–Kier alpha value is -1.72. The number of rotatable bonds is 4. The molecule has 0 spiro atoms. The molecule has 7 heteroatoms. The number of carbonyl (C=O) groups excluding carboxylic acids is 1. The lowest BCUT2D eigenvalue weighted by molar-refractivity contribution is 0.0934. The zero-order valence-electron chi connectivity index (χ0n) is 11.5. The highest BCUT2D eigenvalue weighted by Crippen LogP contribution is 2.22. The van der Waals surface area contributed by atoms with E-state index in [1.807, 2.05) is 0 Å². The Labute approximate surface area is 136 Å². The van der Waals surface area contributed by atoms with Crippen molar-refractivity contribution >= 4 is 29.1 Å². The van der Waals surface area contributed by atoms with Gasteiger partial charge in [0.25, 0.3) is 5.91 Å². The summed E-state index contributed by atoms with van der Waals surface area (Å²) in [5.41, 5.74) is 0.280. The van der Waals surface area contributed by atoms with Crippen molar-refractivity contribution in [3.63, 3.8) is 0 Å². The van der Waals surface area contributed by atoms with Gasteiger partial charge < -0.3 is 5.32 Å². The van der Waals surface area contributed by atoms with Gasteiger partial charge in [0, 0.05) is 11.1 Å². The van der Waals surface area contributed by atoms with E-state index >= 15 is 0 Å². The van der Waals surface area contributed by atoms with Crippen molar-refractivity contribution in [1.29, 1.82) is 0 Å². The van der Waals surface area contributed by atoms with Crippen LogP contribution in [-0.4, -0.2) is 10.9 Å². The van der Waals surface area contributed by atoms with Gasteiger partial charge in [-0.2, -0.15) is 0 Å². The van der Waals surface area contributed by atoms with Gasteiger partial charge in [0.2, 0.25) is 0 Å². The van der Waals surface area contributed by atoms with Gasteiger partial charge in [-0.25, -0.2) is 13.8 Å². The summed E-state index contributed by atoms with van der Waals surface area (Å²) in [7, 11) is 0. The Morgan fingerprint density at radius 1 is 1.23 bits per heavy atom. The van der Waals surface area contributed by atoms with E-state index in [0.717, 1.165) is 18.2 Å². The van der Waals surface area contributed by atoms with Gasteiger partial charge in [-0.3, -0.25) is 4.79 Å². The second-order valence-corrected chi connectivity index (χ2v) is 5.38. The van der Waals surface area contributed by atoms with E-state index in [1.165, 1.54) is 12.1 Å². The molecule has 1 aromatic heterocycles. The minimum atomic E-state index is -0.672. The van der Waals surface area contributed by atoms with Crippen molar-refractivity contribution < 1.29 is 13.6 Å². The summed E-state index contributed by atoms with van der Waals surface area (Å²) >= 11 is 11.5. The monoisotopic (exact) mass is 344 g/mol. The lowest BCUT2D eigenvalue weighted by Gasteiger charge is -2.18. The standard InChI is InChI=1S/C15H12Cl2F2N2O/c1-2-12(10-7-9(18)3-4-11(10)19)20-15(22)8-5-13(16)21-14(17)6-8/h3-7,12H,2H2,1H3,(H,20,22). The highest BCUT2D eigenvalue weighted by Gasteiger charge is 2.19. The fourth-order valence-electron chi connectivity index (χ4n) is 2.02. The topological polar surface area (TPSA) is 42.0 Å². The van der Waals surface area contributed by atoms with Crippen LogP contribution in [-0.2, 0) is 0 Å². The van der Waals surface area contributed by atoms with Gasteiger partial charge >= 0.3 is 0 Å². The maximum Gasteiger partial charge on any atom is 0.251 e. The maximum atomic E-state index is 13.8. The number of nitrogens with one attached hydrogen (secondary N) is 1. The van der Waals surface area contributed by atoms with E-state index in [4.69, 9.17) is 23.2 Å². The molecular formula is C15H12Cl2F2N2O. The first-order valence-electron chi connectivity index (χ1n) is 6.49. The molecule has 0 saturated heterocycles. The molecule has 0 saturated carbocycles. The summed E-state index contributed by atoms with van der Waals surface area (Å²) in [4.78, 5) is 16.0. The highest BCUT2D eigenvalue weighted by molar-refractivity contribution is 6.33. The third kappa shape index (κ3) is 3.93. The van der Waals surface area contributed by atoms with Gasteiger partial charge in [-0.05, 0) is 36.8 Å². The number of nitrogens with zero attached hydrogens (tertiary/aromatic N) is 1. The Morgan fingerprint density at radius 2 is 1.86 bits per heavy atom. The first-order chi connectivity index (χ1) is 10.4. The van der Waals surface area contributed by atoms with Crippen LogP contribution in [0.15, 0.2) is 30.3 Å². The van der Waals surface area contributed by atoms with Crippen molar-refractivity contribution in [3.8, 4) is 0 Å². The lowest BCUT2D eigenvalue weighted by Crippen LogP contribution is -2.29. The number of hydrogen-bond donors (Lipinski definition) is 1. The van der Waals surface area contributed by atoms with Crippen LogP contribution >= 0.6 is 23.2 Å². The molecular weight excluding hydrogens is 333 g/mol. The van der Waals surface area contributed by atoms with Crippen LogP contribution in [0.5, 0.6) is 0 Å². The fourth-order valence-corrected chi connectivity index (χ4v) is 2.48. The summed E-state index contributed by atoms with van der Waals surface area (Å²) in [6.07, 6.45) is 0.388. The Bertz CT molecular complexity index is 690. The van der Waals surface area contributed by atoms with Gasteiger partial charge in [0.1, 0.15) is 21.9 Å². The summed E-state index contributed by atoms with van der Waals surface area (Å²) < 4.78 is 27.1. The van der Waals surface area contributed by atoms with Crippen LogP contribution in [0.1, 0.15) is 35.3 Å². The maximum absolute atomic E-state index is 13.8. The van der Waals surface area contributed by atoms with Gasteiger partial charge in [-0.1, -0.05) is 30.1 Å². The molecule has 0 aliphatic rings. The molecule has 1 atom stereocenters. The minimum absolute atomic E-state index is 0.0719. The van der Waals surface area contributed by atoms with Crippen molar-refractivity contribution in [3.05, 3.63) is 63.4 Å². The lowest BCUT2D eigenvalue weighted by atomic mass is 10.0.